The Morgan fingerprint density at radius 3 is 2.84 bits per heavy atom. The first kappa shape index (κ1) is 12.3. The van der Waals surface area contributed by atoms with E-state index in [0.29, 0.717) is 6.04 Å². The number of nitrogen functional groups attached to an aromatic ring is 1. The van der Waals surface area contributed by atoms with Gasteiger partial charge in [-0.3, -0.25) is 4.90 Å². The van der Waals surface area contributed by atoms with Crippen LogP contribution in [0.4, 0.5) is 16.2 Å². The van der Waals surface area contributed by atoms with Crippen LogP contribution in [0, 0.1) is 0 Å². The van der Waals surface area contributed by atoms with Crippen molar-refractivity contribution in [3.8, 4) is 0 Å². The molecule has 0 saturated heterocycles. The lowest BCUT2D eigenvalue weighted by molar-refractivity contribution is 0.238. The molecule has 3 N–H and O–H groups in total. The fourth-order valence-electron chi connectivity index (χ4n) is 3.17. The normalized spacial score (nSPS) is 19.3. The molecular formula is C15H21N3O. The third-order valence-corrected chi connectivity index (χ3v) is 4.24. The van der Waals surface area contributed by atoms with Gasteiger partial charge in [-0.1, -0.05) is 25.3 Å². The monoisotopic (exact) mass is 259 g/mol. The Labute approximate surface area is 114 Å². The third-order valence-electron chi connectivity index (χ3n) is 4.24. The molecule has 19 heavy (non-hydrogen) atoms. The van der Waals surface area contributed by atoms with Gasteiger partial charge in [0.25, 0.3) is 0 Å². The zero-order valence-electron chi connectivity index (χ0n) is 11.2. The van der Waals surface area contributed by atoms with Gasteiger partial charge in [0.1, 0.15) is 0 Å². The quantitative estimate of drug-likeness (QED) is 0.762. The minimum atomic E-state index is 0.0382. The summed E-state index contributed by atoms with van der Waals surface area (Å²) in [6, 6.07) is 6.20. The van der Waals surface area contributed by atoms with Gasteiger partial charge in [-0.2, -0.15) is 0 Å². The van der Waals surface area contributed by atoms with Crippen LogP contribution in [0.15, 0.2) is 18.2 Å². The molecule has 1 aromatic rings. The number of nitrogens with one attached hydrogen (secondary N) is 1. The molecule has 1 aromatic carbocycles. The molecule has 2 aliphatic rings. The van der Waals surface area contributed by atoms with E-state index in [1.807, 2.05) is 23.1 Å². The van der Waals surface area contributed by atoms with Gasteiger partial charge in [-0.15, -0.1) is 0 Å². The van der Waals surface area contributed by atoms with Crippen LogP contribution in [-0.2, 0) is 6.42 Å². The molecule has 0 radical (unpaired) electrons. The van der Waals surface area contributed by atoms with Gasteiger partial charge in [0, 0.05) is 23.8 Å². The number of hydrogen-bond donors (Lipinski definition) is 2. The van der Waals surface area contributed by atoms with Gasteiger partial charge in [-0.05, 0) is 31.4 Å². The van der Waals surface area contributed by atoms with Crippen molar-refractivity contribution in [3.63, 3.8) is 0 Å². The fourth-order valence-corrected chi connectivity index (χ4v) is 3.17. The van der Waals surface area contributed by atoms with Crippen molar-refractivity contribution in [2.45, 2.75) is 44.6 Å². The van der Waals surface area contributed by atoms with Gasteiger partial charge in [0.2, 0.25) is 0 Å². The SMILES string of the molecule is Nc1cccc2c1CCN2C(=O)NC1CCCCC1. The summed E-state index contributed by atoms with van der Waals surface area (Å²) in [7, 11) is 0. The lowest BCUT2D eigenvalue weighted by Gasteiger charge is -2.26. The number of urea groups is 1. The topological polar surface area (TPSA) is 58.4 Å². The predicted octanol–water partition coefficient (Wildman–Crippen LogP) is 2.67. The number of benzene rings is 1. The summed E-state index contributed by atoms with van der Waals surface area (Å²) in [5, 5.41) is 3.17. The fraction of sp³-hybridized carbons (Fsp3) is 0.533. The number of nitrogens with two attached hydrogens (primary N) is 1. The standard InChI is InChI=1S/C15H21N3O/c16-13-7-4-8-14-12(13)9-10-18(14)15(19)17-11-5-2-1-3-6-11/h4,7-8,11H,1-3,5-6,9-10,16H2,(H,17,19). The van der Waals surface area contributed by atoms with Crippen molar-refractivity contribution < 1.29 is 4.79 Å². The first-order valence-corrected chi connectivity index (χ1v) is 7.21. The van der Waals surface area contributed by atoms with Crippen LogP contribution in [0.2, 0.25) is 0 Å². The van der Waals surface area contributed by atoms with E-state index < -0.39 is 0 Å². The highest BCUT2D eigenvalue weighted by molar-refractivity contribution is 5.95. The molecule has 3 rings (SSSR count). The van der Waals surface area contributed by atoms with Crippen molar-refractivity contribution in [3.05, 3.63) is 23.8 Å². The van der Waals surface area contributed by atoms with Gasteiger partial charge >= 0.3 is 6.03 Å². The Kier molecular flexibility index (Phi) is 3.32. The molecule has 1 saturated carbocycles. The molecule has 2 amide bonds. The third kappa shape index (κ3) is 2.39. The molecule has 0 spiro atoms. The number of fused-ring (bicyclic) bond motifs is 1. The lowest BCUT2D eigenvalue weighted by Crippen LogP contribution is -2.45. The van der Waals surface area contributed by atoms with Gasteiger partial charge in [0.05, 0.1) is 5.69 Å². The maximum Gasteiger partial charge on any atom is 0.322 e. The van der Waals surface area contributed by atoms with E-state index in [-0.39, 0.29) is 6.03 Å². The highest BCUT2D eigenvalue weighted by Gasteiger charge is 2.27. The molecule has 1 aliphatic carbocycles. The van der Waals surface area contributed by atoms with Crippen LogP contribution in [0.5, 0.6) is 0 Å². The summed E-state index contributed by atoms with van der Waals surface area (Å²) in [6.45, 7) is 0.738. The Balaban J connectivity index is 1.71. The Hall–Kier alpha value is -1.71. The summed E-state index contributed by atoms with van der Waals surface area (Å²) < 4.78 is 0. The molecule has 1 fully saturated rings. The Morgan fingerprint density at radius 2 is 2.05 bits per heavy atom. The molecule has 1 aliphatic heterocycles. The van der Waals surface area contributed by atoms with Crippen molar-refractivity contribution >= 4 is 17.4 Å². The first-order chi connectivity index (χ1) is 9.25. The summed E-state index contributed by atoms with van der Waals surface area (Å²) >= 11 is 0. The summed E-state index contributed by atoms with van der Waals surface area (Å²) in [6.07, 6.45) is 6.85. The predicted molar refractivity (Wildman–Crippen MR) is 77.3 cm³/mol. The summed E-state index contributed by atoms with van der Waals surface area (Å²) in [5.41, 5.74) is 8.85. The van der Waals surface area contributed by atoms with E-state index in [1.54, 1.807) is 0 Å². The molecule has 1 heterocycles. The molecule has 0 unspecified atom stereocenters. The van der Waals surface area contributed by atoms with E-state index in [4.69, 9.17) is 5.73 Å². The molecular weight excluding hydrogens is 238 g/mol. The zero-order valence-corrected chi connectivity index (χ0v) is 11.2. The van der Waals surface area contributed by atoms with E-state index in [1.165, 1.54) is 19.3 Å². The van der Waals surface area contributed by atoms with E-state index in [0.717, 1.165) is 42.7 Å². The van der Waals surface area contributed by atoms with E-state index in [9.17, 15) is 4.79 Å². The van der Waals surface area contributed by atoms with Crippen LogP contribution in [-0.4, -0.2) is 18.6 Å². The largest absolute Gasteiger partial charge is 0.398 e. The molecule has 4 heteroatoms. The molecule has 0 bridgehead atoms. The average molecular weight is 259 g/mol. The summed E-state index contributed by atoms with van der Waals surface area (Å²) in [4.78, 5) is 14.2. The number of hydrogen-bond acceptors (Lipinski definition) is 2. The maximum absolute atomic E-state index is 12.4. The van der Waals surface area contributed by atoms with Crippen molar-refractivity contribution in [2.75, 3.05) is 17.2 Å². The second-order valence-electron chi connectivity index (χ2n) is 5.53. The van der Waals surface area contributed by atoms with Crippen LogP contribution >= 0.6 is 0 Å². The highest BCUT2D eigenvalue weighted by Crippen LogP contribution is 2.32. The average Bonchev–Trinajstić information content (AvgIpc) is 2.85. The van der Waals surface area contributed by atoms with E-state index in [2.05, 4.69) is 5.32 Å². The number of amides is 2. The van der Waals surface area contributed by atoms with Crippen molar-refractivity contribution in [1.29, 1.82) is 0 Å². The number of nitrogens with zero attached hydrogens (tertiary/aromatic N) is 1. The van der Waals surface area contributed by atoms with Gasteiger partial charge in [-0.25, -0.2) is 4.79 Å². The maximum atomic E-state index is 12.4. The number of rotatable bonds is 1. The van der Waals surface area contributed by atoms with Crippen LogP contribution in [0.1, 0.15) is 37.7 Å². The molecule has 4 nitrogen and oxygen atoms in total. The summed E-state index contributed by atoms with van der Waals surface area (Å²) in [5.74, 6) is 0. The first-order valence-electron chi connectivity index (χ1n) is 7.21. The highest BCUT2D eigenvalue weighted by atomic mass is 16.2. The van der Waals surface area contributed by atoms with E-state index >= 15 is 0 Å². The van der Waals surface area contributed by atoms with Crippen molar-refractivity contribution in [1.82, 2.24) is 5.32 Å². The zero-order chi connectivity index (χ0) is 13.2. The molecule has 0 aromatic heterocycles. The van der Waals surface area contributed by atoms with Crippen LogP contribution in [0.3, 0.4) is 0 Å². The minimum absolute atomic E-state index is 0.0382. The smallest absolute Gasteiger partial charge is 0.322 e. The molecule has 102 valence electrons. The lowest BCUT2D eigenvalue weighted by atomic mass is 9.96. The number of carbonyl (C=O) groups is 1. The second-order valence-corrected chi connectivity index (χ2v) is 5.53. The van der Waals surface area contributed by atoms with Crippen LogP contribution in [0.25, 0.3) is 0 Å². The number of anilines is 2. The minimum Gasteiger partial charge on any atom is -0.398 e. The van der Waals surface area contributed by atoms with Crippen molar-refractivity contribution in [2.24, 2.45) is 0 Å². The second kappa shape index (κ2) is 5.11. The number of carbonyl (C=O) groups excluding carboxylic acids is 1. The Bertz CT molecular complexity index is 480. The van der Waals surface area contributed by atoms with Crippen LogP contribution < -0.4 is 16.0 Å². The van der Waals surface area contributed by atoms with Gasteiger partial charge in [0.15, 0.2) is 0 Å². The molecule has 0 atom stereocenters. The Morgan fingerprint density at radius 1 is 1.26 bits per heavy atom. The van der Waals surface area contributed by atoms with Gasteiger partial charge < -0.3 is 11.1 Å².